The molecule has 0 bridgehead atoms. The minimum absolute atomic E-state index is 0.0329. The molecule has 0 spiro atoms. The van der Waals surface area contributed by atoms with Gasteiger partial charge in [-0.3, -0.25) is 4.79 Å². The maximum Gasteiger partial charge on any atom is 0.230 e. The zero-order valence-corrected chi connectivity index (χ0v) is 15.4. The number of thioether (sulfide) groups is 1. The standard InChI is InChI=1S/C15H29N5OS/c1-11(2)8-7-9-12(3)16-13(21)10-22-14-17-18-19-20(14)15(4,5)6/h11-12H,7-10H2,1-6H3,(H,16,21). The van der Waals surface area contributed by atoms with E-state index in [1.165, 1.54) is 18.2 Å². The molecule has 0 aliphatic heterocycles. The summed E-state index contributed by atoms with van der Waals surface area (Å²) in [6.07, 6.45) is 3.37. The molecule has 1 amide bonds. The Kier molecular flexibility index (Phi) is 7.32. The number of hydrogen-bond acceptors (Lipinski definition) is 5. The van der Waals surface area contributed by atoms with Crippen LogP contribution in [0.1, 0.15) is 60.8 Å². The summed E-state index contributed by atoms with van der Waals surface area (Å²) in [5.41, 5.74) is -0.188. The molecule has 126 valence electrons. The molecule has 1 rings (SSSR count). The van der Waals surface area contributed by atoms with Gasteiger partial charge in [0.15, 0.2) is 0 Å². The predicted molar refractivity (Wildman–Crippen MR) is 89.8 cm³/mol. The minimum atomic E-state index is -0.188. The van der Waals surface area contributed by atoms with Crippen LogP contribution >= 0.6 is 11.8 Å². The molecule has 22 heavy (non-hydrogen) atoms. The van der Waals surface area contributed by atoms with Gasteiger partial charge in [-0.05, 0) is 50.5 Å². The molecule has 0 saturated carbocycles. The van der Waals surface area contributed by atoms with Crippen LogP contribution in [0, 0.1) is 5.92 Å². The van der Waals surface area contributed by atoms with Gasteiger partial charge in [0.25, 0.3) is 0 Å². The van der Waals surface area contributed by atoms with E-state index in [-0.39, 0.29) is 17.5 Å². The number of nitrogens with one attached hydrogen (secondary N) is 1. The topological polar surface area (TPSA) is 72.7 Å². The van der Waals surface area contributed by atoms with Crippen molar-refractivity contribution in [3.05, 3.63) is 0 Å². The molecule has 0 fully saturated rings. The van der Waals surface area contributed by atoms with E-state index in [0.717, 1.165) is 18.8 Å². The molecule has 0 aromatic carbocycles. The lowest BCUT2D eigenvalue weighted by Gasteiger charge is -2.19. The smallest absolute Gasteiger partial charge is 0.230 e. The molecular formula is C15H29N5OS. The molecule has 0 radical (unpaired) electrons. The van der Waals surface area contributed by atoms with Crippen LogP contribution in [0.5, 0.6) is 0 Å². The maximum absolute atomic E-state index is 12.0. The third kappa shape index (κ3) is 6.77. The highest BCUT2D eigenvalue weighted by Gasteiger charge is 2.20. The van der Waals surface area contributed by atoms with Crippen molar-refractivity contribution in [1.82, 2.24) is 25.5 Å². The molecule has 1 atom stereocenters. The van der Waals surface area contributed by atoms with Gasteiger partial charge < -0.3 is 5.32 Å². The largest absolute Gasteiger partial charge is 0.353 e. The summed E-state index contributed by atoms with van der Waals surface area (Å²) in [4.78, 5) is 12.0. The monoisotopic (exact) mass is 327 g/mol. The highest BCUT2D eigenvalue weighted by molar-refractivity contribution is 7.99. The van der Waals surface area contributed by atoms with E-state index in [2.05, 4.69) is 41.6 Å². The number of rotatable bonds is 8. The van der Waals surface area contributed by atoms with E-state index >= 15 is 0 Å². The Balaban J connectivity index is 2.36. The molecule has 0 aliphatic carbocycles. The van der Waals surface area contributed by atoms with Crippen LogP contribution in [0.4, 0.5) is 0 Å². The second kappa shape index (κ2) is 8.50. The highest BCUT2D eigenvalue weighted by atomic mass is 32.2. The maximum atomic E-state index is 12.0. The number of tetrazole rings is 1. The first-order valence-corrected chi connectivity index (χ1v) is 8.89. The van der Waals surface area contributed by atoms with Gasteiger partial charge >= 0.3 is 0 Å². The fourth-order valence-corrected chi connectivity index (χ4v) is 2.91. The Morgan fingerprint density at radius 3 is 2.55 bits per heavy atom. The summed E-state index contributed by atoms with van der Waals surface area (Å²) >= 11 is 1.37. The number of nitrogens with zero attached hydrogens (tertiary/aromatic N) is 4. The SMILES string of the molecule is CC(C)CCCC(C)NC(=O)CSc1nnnn1C(C)(C)C. The van der Waals surface area contributed by atoms with E-state index in [1.54, 1.807) is 4.68 Å². The van der Waals surface area contributed by atoms with Crippen LogP contribution in [-0.4, -0.2) is 37.9 Å². The van der Waals surface area contributed by atoms with E-state index < -0.39 is 0 Å². The molecule has 1 aromatic rings. The average Bonchev–Trinajstić information content (AvgIpc) is 2.84. The van der Waals surface area contributed by atoms with Gasteiger partial charge in [0.2, 0.25) is 11.1 Å². The normalized spacial score (nSPS) is 13.4. The van der Waals surface area contributed by atoms with Crippen molar-refractivity contribution in [2.75, 3.05) is 5.75 Å². The second-order valence-electron chi connectivity index (χ2n) is 7.13. The predicted octanol–water partition coefficient (Wildman–Crippen LogP) is 2.85. The van der Waals surface area contributed by atoms with E-state index in [4.69, 9.17) is 0 Å². The first kappa shape index (κ1) is 18.9. The summed E-state index contributed by atoms with van der Waals surface area (Å²) < 4.78 is 1.75. The Morgan fingerprint density at radius 1 is 1.27 bits per heavy atom. The van der Waals surface area contributed by atoms with Crippen molar-refractivity contribution < 1.29 is 4.79 Å². The average molecular weight is 327 g/mol. The van der Waals surface area contributed by atoms with Crippen molar-refractivity contribution in [3.63, 3.8) is 0 Å². The molecule has 7 heteroatoms. The van der Waals surface area contributed by atoms with Gasteiger partial charge in [-0.15, -0.1) is 5.10 Å². The summed E-state index contributed by atoms with van der Waals surface area (Å²) in [5.74, 6) is 1.09. The van der Waals surface area contributed by atoms with Gasteiger partial charge in [-0.25, -0.2) is 4.68 Å². The number of hydrogen-bond donors (Lipinski definition) is 1. The lowest BCUT2D eigenvalue weighted by molar-refractivity contribution is -0.119. The molecule has 1 unspecified atom stereocenters. The quantitative estimate of drug-likeness (QED) is 0.743. The van der Waals surface area contributed by atoms with Gasteiger partial charge in [-0.2, -0.15) is 0 Å². The number of carbonyl (C=O) groups is 1. The van der Waals surface area contributed by atoms with Crippen LogP contribution in [-0.2, 0) is 10.3 Å². The Hall–Kier alpha value is -1.11. The van der Waals surface area contributed by atoms with Crippen molar-refractivity contribution in [1.29, 1.82) is 0 Å². The van der Waals surface area contributed by atoms with Gasteiger partial charge in [0.05, 0.1) is 11.3 Å². The van der Waals surface area contributed by atoms with Crippen LogP contribution in [0.25, 0.3) is 0 Å². The first-order chi connectivity index (χ1) is 10.2. The summed E-state index contributed by atoms with van der Waals surface area (Å²) in [5, 5.41) is 15.4. The summed E-state index contributed by atoms with van der Waals surface area (Å²) in [6, 6.07) is 0.213. The molecule has 1 aromatic heterocycles. The third-order valence-electron chi connectivity index (χ3n) is 3.23. The zero-order valence-electron chi connectivity index (χ0n) is 14.6. The van der Waals surface area contributed by atoms with Crippen molar-refractivity contribution in [2.45, 2.75) is 77.5 Å². The van der Waals surface area contributed by atoms with Gasteiger partial charge in [0.1, 0.15) is 0 Å². The lowest BCUT2D eigenvalue weighted by Crippen LogP contribution is -2.34. The Labute approximate surface area is 137 Å². The molecule has 1 heterocycles. The van der Waals surface area contributed by atoms with Crippen LogP contribution in [0.3, 0.4) is 0 Å². The van der Waals surface area contributed by atoms with Crippen LogP contribution in [0.2, 0.25) is 0 Å². The molecule has 6 nitrogen and oxygen atoms in total. The van der Waals surface area contributed by atoms with Crippen molar-refractivity contribution >= 4 is 17.7 Å². The summed E-state index contributed by atoms with van der Waals surface area (Å²) in [7, 11) is 0. The van der Waals surface area contributed by atoms with Gasteiger partial charge in [0, 0.05) is 6.04 Å². The number of amides is 1. The number of aromatic nitrogens is 4. The second-order valence-corrected chi connectivity index (χ2v) is 8.07. The molecule has 0 saturated heterocycles. The van der Waals surface area contributed by atoms with E-state index in [1.807, 2.05) is 20.8 Å². The van der Waals surface area contributed by atoms with Crippen molar-refractivity contribution in [3.8, 4) is 0 Å². The molecule has 1 N–H and O–H groups in total. The third-order valence-corrected chi connectivity index (χ3v) is 4.15. The summed E-state index contributed by atoms with van der Waals surface area (Å²) in [6.45, 7) is 12.6. The number of carbonyl (C=O) groups excluding carboxylic acids is 1. The Morgan fingerprint density at radius 2 is 1.95 bits per heavy atom. The zero-order chi connectivity index (χ0) is 16.8. The first-order valence-electron chi connectivity index (χ1n) is 7.91. The van der Waals surface area contributed by atoms with Crippen molar-refractivity contribution in [2.24, 2.45) is 5.92 Å². The highest BCUT2D eigenvalue weighted by Crippen LogP contribution is 2.21. The molecule has 0 aliphatic rings. The van der Waals surface area contributed by atoms with E-state index in [0.29, 0.717) is 10.9 Å². The van der Waals surface area contributed by atoms with Crippen LogP contribution < -0.4 is 5.32 Å². The lowest BCUT2D eigenvalue weighted by atomic mass is 10.0. The van der Waals surface area contributed by atoms with E-state index in [9.17, 15) is 4.79 Å². The minimum Gasteiger partial charge on any atom is -0.353 e. The fourth-order valence-electron chi connectivity index (χ4n) is 2.04. The van der Waals surface area contributed by atoms with Gasteiger partial charge in [-0.1, -0.05) is 38.5 Å². The fraction of sp³-hybridized carbons (Fsp3) is 0.867. The van der Waals surface area contributed by atoms with Crippen LogP contribution in [0.15, 0.2) is 5.16 Å². The molecular weight excluding hydrogens is 298 g/mol. The Bertz CT molecular complexity index is 467.